The maximum Gasteiger partial charge on any atom is 0.173 e. The van der Waals surface area contributed by atoms with E-state index in [1.165, 1.54) is 4.88 Å². The van der Waals surface area contributed by atoms with Crippen LogP contribution >= 0.6 is 23.6 Å². The molecule has 2 aromatic rings. The van der Waals surface area contributed by atoms with Gasteiger partial charge in [0.05, 0.1) is 13.2 Å². The highest BCUT2D eigenvalue weighted by Gasteiger charge is 2.20. The molecule has 0 radical (unpaired) electrons. The molecule has 0 aliphatic carbocycles. The van der Waals surface area contributed by atoms with Gasteiger partial charge in [-0.2, -0.15) is 0 Å². The zero-order chi connectivity index (χ0) is 17.5. The van der Waals surface area contributed by atoms with Gasteiger partial charge in [-0.1, -0.05) is 19.9 Å². The van der Waals surface area contributed by atoms with Gasteiger partial charge in [0, 0.05) is 17.1 Å². The molecule has 1 aromatic carbocycles. The van der Waals surface area contributed by atoms with E-state index in [-0.39, 0.29) is 6.04 Å². The molecule has 24 heavy (non-hydrogen) atoms. The topological polar surface area (TPSA) is 24.5 Å². The van der Waals surface area contributed by atoms with Gasteiger partial charge in [-0.15, -0.1) is 11.3 Å². The second-order valence-electron chi connectivity index (χ2n) is 6.23. The van der Waals surface area contributed by atoms with E-state index in [4.69, 9.17) is 17.0 Å². The molecule has 5 heteroatoms. The fourth-order valence-electron chi connectivity index (χ4n) is 2.42. The Labute approximate surface area is 154 Å². The third-order valence-electron chi connectivity index (χ3n) is 3.97. The van der Waals surface area contributed by atoms with Crippen LogP contribution in [0.2, 0.25) is 0 Å². The van der Waals surface area contributed by atoms with E-state index in [2.05, 4.69) is 48.5 Å². The quantitative estimate of drug-likeness (QED) is 0.651. The van der Waals surface area contributed by atoms with Crippen molar-refractivity contribution in [2.45, 2.75) is 33.2 Å². The Morgan fingerprint density at radius 1 is 1.21 bits per heavy atom. The van der Waals surface area contributed by atoms with Crippen LogP contribution in [0, 0.1) is 5.92 Å². The van der Waals surface area contributed by atoms with Gasteiger partial charge in [0.1, 0.15) is 5.75 Å². The van der Waals surface area contributed by atoms with Crippen molar-refractivity contribution in [1.29, 1.82) is 0 Å². The zero-order valence-electron chi connectivity index (χ0n) is 14.8. The van der Waals surface area contributed by atoms with E-state index in [0.29, 0.717) is 5.92 Å². The lowest BCUT2D eigenvalue weighted by atomic mass is 10.1. The molecule has 0 aliphatic rings. The highest BCUT2D eigenvalue weighted by Crippen LogP contribution is 2.26. The number of anilines is 1. The molecule has 3 nitrogen and oxygen atoms in total. The van der Waals surface area contributed by atoms with Crippen LogP contribution < -0.4 is 10.1 Å². The standard InChI is InChI=1S/C19H26N2OS2/c1-14(2)11-12-21(15(3)18-6-5-13-24-18)19(23)20-16-7-9-17(22-4)10-8-16/h5-10,13-15H,11-12H2,1-4H3,(H,20,23)/t15-/m0/s1. The van der Waals surface area contributed by atoms with Crippen LogP contribution in [0.5, 0.6) is 5.75 Å². The van der Waals surface area contributed by atoms with Crippen LogP contribution in [0.4, 0.5) is 5.69 Å². The second kappa shape index (κ2) is 9.04. The predicted molar refractivity (Wildman–Crippen MR) is 108 cm³/mol. The highest BCUT2D eigenvalue weighted by molar-refractivity contribution is 7.80. The lowest BCUT2D eigenvalue weighted by molar-refractivity contribution is 0.322. The molecule has 1 N–H and O–H groups in total. The van der Waals surface area contributed by atoms with Gasteiger partial charge in [-0.3, -0.25) is 0 Å². The van der Waals surface area contributed by atoms with Crippen molar-refractivity contribution in [3.05, 3.63) is 46.7 Å². The summed E-state index contributed by atoms with van der Waals surface area (Å²) in [6, 6.07) is 12.4. The van der Waals surface area contributed by atoms with Crippen LogP contribution in [0.25, 0.3) is 0 Å². The summed E-state index contributed by atoms with van der Waals surface area (Å²) in [5.74, 6) is 1.49. The minimum atomic E-state index is 0.266. The Balaban J connectivity index is 2.10. The number of nitrogens with zero attached hydrogens (tertiary/aromatic N) is 1. The molecule has 0 bridgehead atoms. The number of benzene rings is 1. The normalized spacial score (nSPS) is 12.0. The van der Waals surface area contributed by atoms with Crippen LogP contribution in [0.3, 0.4) is 0 Å². The highest BCUT2D eigenvalue weighted by atomic mass is 32.1. The Morgan fingerprint density at radius 3 is 2.46 bits per heavy atom. The van der Waals surface area contributed by atoms with Gasteiger partial charge >= 0.3 is 0 Å². The molecule has 0 fully saturated rings. The van der Waals surface area contributed by atoms with Crippen LogP contribution in [0.1, 0.15) is 38.1 Å². The summed E-state index contributed by atoms with van der Waals surface area (Å²) >= 11 is 7.49. The first-order valence-electron chi connectivity index (χ1n) is 8.26. The van der Waals surface area contributed by atoms with Crippen LogP contribution in [0.15, 0.2) is 41.8 Å². The third kappa shape index (κ3) is 5.21. The average Bonchev–Trinajstić information content (AvgIpc) is 3.09. The van der Waals surface area contributed by atoms with Crippen LogP contribution in [-0.4, -0.2) is 23.7 Å². The molecule has 0 aliphatic heterocycles. The van der Waals surface area contributed by atoms with E-state index in [9.17, 15) is 0 Å². The largest absolute Gasteiger partial charge is 0.497 e. The summed E-state index contributed by atoms with van der Waals surface area (Å²) in [7, 11) is 1.67. The van der Waals surface area contributed by atoms with Gasteiger partial charge in [0.15, 0.2) is 5.11 Å². The van der Waals surface area contributed by atoms with Crippen molar-refractivity contribution in [2.75, 3.05) is 19.0 Å². The number of thiophene rings is 1. The Hall–Kier alpha value is -1.59. The molecule has 0 saturated heterocycles. The predicted octanol–water partition coefficient (Wildman–Crippen LogP) is 5.56. The molecule has 0 spiro atoms. The number of rotatable bonds is 7. The molecular formula is C19H26N2OS2. The van der Waals surface area contributed by atoms with Crippen molar-refractivity contribution in [3.8, 4) is 5.75 Å². The van der Waals surface area contributed by atoms with Gasteiger partial charge in [0.25, 0.3) is 0 Å². The van der Waals surface area contributed by atoms with Gasteiger partial charge in [-0.05, 0) is 67.2 Å². The first kappa shape index (κ1) is 18.7. The molecule has 1 atom stereocenters. The first-order valence-corrected chi connectivity index (χ1v) is 9.55. The van der Waals surface area contributed by atoms with E-state index in [0.717, 1.165) is 29.5 Å². The van der Waals surface area contributed by atoms with Gasteiger partial charge in [-0.25, -0.2) is 0 Å². The first-order chi connectivity index (χ1) is 11.5. The van der Waals surface area contributed by atoms with E-state index >= 15 is 0 Å². The zero-order valence-corrected chi connectivity index (χ0v) is 16.4. The number of methoxy groups -OCH3 is 1. The molecular weight excluding hydrogens is 336 g/mol. The third-order valence-corrected chi connectivity index (χ3v) is 5.35. The molecule has 0 amide bonds. The maximum atomic E-state index is 5.71. The molecule has 0 saturated carbocycles. The molecule has 1 aromatic heterocycles. The van der Waals surface area contributed by atoms with Gasteiger partial charge in [0.2, 0.25) is 0 Å². The molecule has 130 valence electrons. The van der Waals surface area contributed by atoms with Gasteiger partial charge < -0.3 is 15.0 Å². The number of hydrogen-bond acceptors (Lipinski definition) is 3. The number of thiocarbonyl (C=S) groups is 1. The Morgan fingerprint density at radius 2 is 1.92 bits per heavy atom. The summed E-state index contributed by atoms with van der Waals surface area (Å²) in [6.07, 6.45) is 1.11. The average molecular weight is 363 g/mol. The van der Waals surface area contributed by atoms with E-state index in [1.54, 1.807) is 18.4 Å². The molecule has 0 unspecified atom stereocenters. The lowest BCUT2D eigenvalue weighted by Crippen LogP contribution is -2.37. The monoisotopic (exact) mass is 362 g/mol. The van der Waals surface area contributed by atoms with Crippen molar-refractivity contribution < 1.29 is 4.74 Å². The second-order valence-corrected chi connectivity index (χ2v) is 7.59. The number of ether oxygens (including phenoxy) is 1. The molecule has 1 heterocycles. The van der Waals surface area contributed by atoms with E-state index in [1.807, 2.05) is 24.3 Å². The summed E-state index contributed by atoms with van der Waals surface area (Å²) in [5, 5.41) is 6.25. The smallest absolute Gasteiger partial charge is 0.173 e. The minimum Gasteiger partial charge on any atom is -0.497 e. The summed E-state index contributed by atoms with van der Waals surface area (Å²) in [5.41, 5.74) is 0.980. The fraction of sp³-hybridized carbons (Fsp3) is 0.421. The fourth-order valence-corrected chi connectivity index (χ4v) is 3.58. The summed E-state index contributed by atoms with van der Waals surface area (Å²) < 4.78 is 5.20. The maximum absolute atomic E-state index is 5.71. The van der Waals surface area contributed by atoms with E-state index < -0.39 is 0 Å². The van der Waals surface area contributed by atoms with Crippen molar-refractivity contribution in [2.24, 2.45) is 5.92 Å². The number of hydrogen-bond donors (Lipinski definition) is 1. The lowest BCUT2D eigenvalue weighted by Gasteiger charge is -2.32. The van der Waals surface area contributed by atoms with Crippen LogP contribution in [-0.2, 0) is 0 Å². The SMILES string of the molecule is COc1ccc(NC(=S)N(CCC(C)C)[C@@H](C)c2cccs2)cc1. The minimum absolute atomic E-state index is 0.266. The summed E-state index contributed by atoms with van der Waals surface area (Å²) in [4.78, 5) is 3.61. The Bertz CT molecular complexity index is 623. The van der Waals surface area contributed by atoms with Crippen molar-refractivity contribution >= 4 is 34.4 Å². The Kier molecular flexibility index (Phi) is 7.06. The summed E-state index contributed by atoms with van der Waals surface area (Å²) in [6.45, 7) is 7.65. The molecule has 2 rings (SSSR count). The van der Waals surface area contributed by atoms with Crippen molar-refractivity contribution in [1.82, 2.24) is 4.90 Å². The van der Waals surface area contributed by atoms with Crippen molar-refractivity contribution in [3.63, 3.8) is 0 Å². The number of nitrogens with one attached hydrogen (secondary N) is 1.